The molecule has 102 valence electrons. The summed E-state index contributed by atoms with van der Waals surface area (Å²) in [4.78, 5) is 29.0. The monoisotopic (exact) mass is 262 g/mol. The zero-order valence-electron chi connectivity index (χ0n) is 11.2. The highest BCUT2D eigenvalue weighted by Gasteiger charge is 2.32. The van der Waals surface area contributed by atoms with Gasteiger partial charge in [-0.2, -0.15) is 0 Å². The first-order chi connectivity index (χ1) is 9.02. The van der Waals surface area contributed by atoms with Gasteiger partial charge >= 0.3 is 5.97 Å². The minimum Gasteiger partial charge on any atom is -0.477 e. The molecule has 5 heteroatoms. The number of likely N-dealkylation sites (tertiary alicyclic amines) is 1. The number of nitrogens with zero attached hydrogens (tertiary/aromatic N) is 2. The van der Waals surface area contributed by atoms with Crippen LogP contribution in [0.1, 0.15) is 47.7 Å². The Kier molecular flexibility index (Phi) is 3.83. The van der Waals surface area contributed by atoms with Gasteiger partial charge in [0.2, 0.25) is 0 Å². The number of carbonyl (C=O) groups is 2. The SMILES string of the molecule is CCC1CC(C)CN1C(=O)c1cccc(C(=O)O)n1. The Hall–Kier alpha value is -1.91. The molecule has 0 bridgehead atoms. The summed E-state index contributed by atoms with van der Waals surface area (Å²) in [7, 11) is 0. The average Bonchev–Trinajstić information content (AvgIpc) is 2.79. The third kappa shape index (κ3) is 2.75. The van der Waals surface area contributed by atoms with Crippen molar-refractivity contribution in [3.05, 3.63) is 29.6 Å². The maximum absolute atomic E-state index is 12.4. The van der Waals surface area contributed by atoms with Crippen molar-refractivity contribution in [3.8, 4) is 0 Å². The largest absolute Gasteiger partial charge is 0.477 e. The van der Waals surface area contributed by atoms with Crippen molar-refractivity contribution in [1.82, 2.24) is 9.88 Å². The van der Waals surface area contributed by atoms with Crippen LogP contribution < -0.4 is 0 Å². The fourth-order valence-corrected chi connectivity index (χ4v) is 2.61. The molecular formula is C14H18N2O3. The Morgan fingerprint density at radius 1 is 1.42 bits per heavy atom. The van der Waals surface area contributed by atoms with E-state index in [-0.39, 0.29) is 23.3 Å². The molecule has 1 aromatic rings. The van der Waals surface area contributed by atoms with Gasteiger partial charge in [0, 0.05) is 12.6 Å². The van der Waals surface area contributed by atoms with Gasteiger partial charge in [-0.25, -0.2) is 9.78 Å². The summed E-state index contributed by atoms with van der Waals surface area (Å²) in [5.74, 6) is -0.799. The Morgan fingerprint density at radius 2 is 2.11 bits per heavy atom. The third-order valence-corrected chi connectivity index (χ3v) is 3.54. The number of hydrogen-bond acceptors (Lipinski definition) is 3. The van der Waals surface area contributed by atoms with Crippen LogP contribution in [0.15, 0.2) is 18.2 Å². The first-order valence-electron chi connectivity index (χ1n) is 6.54. The van der Waals surface area contributed by atoms with E-state index in [1.165, 1.54) is 6.07 Å². The van der Waals surface area contributed by atoms with Crippen LogP contribution in [-0.4, -0.2) is 39.5 Å². The van der Waals surface area contributed by atoms with Gasteiger partial charge in [-0.15, -0.1) is 0 Å². The first-order valence-corrected chi connectivity index (χ1v) is 6.54. The van der Waals surface area contributed by atoms with Gasteiger partial charge in [-0.3, -0.25) is 4.79 Å². The molecule has 1 amide bonds. The number of hydrogen-bond donors (Lipinski definition) is 1. The van der Waals surface area contributed by atoms with Crippen molar-refractivity contribution in [1.29, 1.82) is 0 Å². The van der Waals surface area contributed by atoms with E-state index in [0.29, 0.717) is 5.92 Å². The number of amides is 1. The van der Waals surface area contributed by atoms with Crippen LogP contribution in [0.2, 0.25) is 0 Å². The average molecular weight is 262 g/mol. The maximum atomic E-state index is 12.4. The minimum absolute atomic E-state index is 0.0915. The molecule has 2 unspecified atom stereocenters. The Balaban J connectivity index is 2.24. The number of aromatic carboxylic acids is 1. The summed E-state index contributed by atoms with van der Waals surface area (Å²) in [5.41, 5.74) is 0.124. The number of aromatic nitrogens is 1. The predicted octanol–water partition coefficient (Wildman–Crippen LogP) is 2.04. The molecule has 0 radical (unpaired) electrons. The summed E-state index contributed by atoms with van der Waals surface area (Å²) >= 11 is 0. The fraction of sp³-hybridized carbons (Fsp3) is 0.500. The van der Waals surface area contributed by atoms with E-state index in [2.05, 4.69) is 18.8 Å². The number of rotatable bonds is 3. The van der Waals surface area contributed by atoms with Crippen LogP contribution in [0.4, 0.5) is 0 Å². The van der Waals surface area contributed by atoms with Gasteiger partial charge < -0.3 is 10.0 Å². The molecule has 0 aliphatic carbocycles. The third-order valence-electron chi connectivity index (χ3n) is 3.54. The predicted molar refractivity (Wildman–Crippen MR) is 70.1 cm³/mol. The Labute approximate surface area is 112 Å². The molecule has 0 saturated carbocycles. The van der Waals surface area contributed by atoms with Crippen LogP contribution >= 0.6 is 0 Å². The van der Waals surface area contributed by atoms with E-state index in [4.69, 9.17) is 5.11 Å². The van der Waals surface area contributed by atoms with Crippen LogP contribution in [0, 0.1) is 5.92 Å². The number of carboxylic acids is 1. The van der Waals surface area contributed by atoms with E-state index in [1.807, 2.05) is 4.90 Å². The molecule has 1 N–H and O–H groups in total. The first kappa shape index (κ1) is 13.5. The molecule has 0 spiro atoms. The van der Waals surface area contributed by atoms with Crippen LogP contribution in [0.25, 0.3) is 0 Å². The lowest BCUT2D eigenvalue weighted by atomic mass is 10.1. The number of carboxylic acid groups (broad SMARTS) is 1. The van der Waals surface area contributed by atoms with Crippen LogP contribution in [-0.2, 0) is 0 Å². The molecule has 19 heavy (non-hydrogen) atoms. The summed E-state index contributed by atoms with van der Waals surface area (Å²) in [6, 6.07) is 4.76. The molecule has 1 fully saturated rings. The molecule has 2 heterocycles. The molecule has 1 saturated heterocycles. The minimum atomic E-state index is -1.11. The Bertz CT molecular complexity index is 501. The van der Waals surface area contributed by atoms with E-state index in [1.54, 1.807) is 12.1 Å². The topological polar surface area (TPSA) is 70.5 Å². The second-order valence-corrected chi connectivity index (χ2v) is 5.07. The van der Waals surface area contributed by atoms with Gasteiger partial charge in [0.1, 0.15) is 11.4 Å². The van der Waals surface area contributed by atoms with Crippen molar-refractivity contribution in [2.75, 3.05) is 6.54 Å². The highest BCUT2D eigenvalue weighted by molar-refractivity contribution is 5.94. The summed E-state index contributed by atoms with van der Waals surface area (Å²) < 4.78 is 0. The molecule has 2 atom stereocenters. The van der Waals surface area contributed by atoms with Crippen molar-refractivity contribution in [2.24, 2.45) is 5.92 Å². The lowest BCUT2D eigenvalue weighted by Gasteiger charge is -2.23. The molecular weight excluding hydrogens is 244 g/mol. The van der Waals surface area contributed by atoms with Crippen molar-refractivity contribution >= 4 is 11.9 Å². The zero-order valence-corrected chi connectivity index (χ0v) is 11.2. The maximum Gasteiger partial charge on any atom is 0.354 e. The molecule has 1 aliphatic rings. The van der Waals surface area contributed by atoms with Crippen LogP contribution in [0.3, 0.4) is 0 Å². The fourth-order valence-electron chi connectivity index (χ4n) is 2.61. The van der Waals surface area contributed by atoms with Gasteiger partial charge in [0.25, 0.3) is 5.91 Å². The van der Waals surface area contributed by atoms with E-state index in [9.17, 15) is 9.59 Å². The summed E-state index contributed by atoms with van der Waals surface area (Å²) in [5, 5.41) is 8.91. The van der Waals surface area contributed by atoms with E-state index >= 15 is 0 Å². The van der Waals surface area contributed by atoms with E-state index < -0.39 is 5.97 Å². The van der Waals surface area contributed by atoms with Gasteiger partial charge in [-0.05, 0) is 30.9 Å². The highest BCUT2D eigenvalue weighted by Crippen LogP contribution is 2.26. The number of carbonyl (C=O) groups excluding carboxylic acids is 1. The molecule has 1 aliphatic heterocycles. The second-order valence-electron chi connectivity index (χ2n) is 5.07. The molecule has 2 rings (SSSR count). The second kappa shape index (κ2) is 5.38. The van der Waals surface area contributed by atoms with Gasteiger partial charge in [-0.1, -0.05) is 19.9 Å². The normalized spacial score (nSPS) is 22.5. The zero-order chi connectivity index (χ0) is 14.0. The molecule has 5 nitrogen and oxygen atoms in total. The highest BCUT2D eigenvalue weighted by atomic mass is 16.4. The van der Waals surface area contributed by atoms with Crippen molar-refractivity contribution in [2.45, 2.75) is 32.7 Å². The smallest absolute Gasteiger partial charge is 0.354 e. The lowest BCUT2D eigenvalue weighted by Crippen LogP contribution is -2.36. The van der Waals surface area contributed by atoms with E-state index in [0.717, 1.165) is 19.4 Å². The van der Waals surface area contributed by atoms with Crippen LogP contribution in [0.5, 0.6) is 0 Å². The Morgan fingerprint density at radius 3 is 2.74 bits per heavy atom. The quantitative estimate of drug-likeness (QED) is 0.905. The summed E-state index contributed by atoms with van der Waals surface area (Å²) in [6.07, 6.45) is 1.91. The van der Waals surface area contributed by atoms with Crippen molar-refractivity contribution < 1.29 is 14.7 Å². The molecule has 0 aromatic carbocycles. The summed E-state index contributed by atoms with van der Waals surface area (Å²) in [6.45, 7) is 4.90. The molecule has 1 aromatic heterocycles. The van der Waals surface area contributed by atoms with Gasteiger partial charge in [0.15, 0.2) is 0 Å². The lowest BCUT2D eigenvalue weighted by molar-refractivity contribution is 0.0689. The van der Waals surface area contributed by atoms with Crippen molar-refractivity contribution in [3.63, 3.8) is 0 Å². The van der Waals surface area contributed by atoms with Gasteiger partial charge in [0.05, 0.1) is 0 Å². The standard InChI is InChI=1S/C14H18N2O3/c1-3-10-7-9(2)8-16(10)13(17)11-5-4-6-12(15-11)14(18)19/h4-6,9-10H,3,7-8H2,1-2H3,(H,18,19). The number of pyridine rings is 1.